The number of hydrogen-bond acceptors (Lipinski definition) is 5. The number of amides is 1. The van der Waals surface area contributed by atoms with E-state index in [-0.39, 0.29) is 5.91 Å². The highest BCUT2D eigenvalue weighted by molar-refractivity contribution is 7.24. The molecule has 0 unspecified atom stereocenters. The Hall–Kier alpha value is -2.46. The van der Waals surface area contributed by atoms with Crippen LogP contribution in [0.3, 0.4) is 0 Å². The van der Waals surface area contributed by atoms with E-state index in [4.69, 9.17) is 16.9 Å². The number of halogens is 1. The summed E-state index contributed by atoms with van der Waals surface area (Å²) in [5.41, 5.74) is 2.26. The van der Waals surface area contributed by atoms with Gasteiger partial charge in [0.15, 0.2) is 0 Å². The summed E-state index contributed by atoms with van der Waals surface area (Å²) >= 11 is 8.83. The summed E-state index contributed by atoms with van der Waals surface area (Å²) in [5.74, 6) is -0.0804. The molecule has 0 aliphatic heterocycles. The first kappa shape index (κ1) is 19.3. The van der Waals surface area contributed by atoms with Crippen LogP contribution in [0, 0.1) is 18.3 Å². The second kappa shape index (κ2) is 8.49. The van der Waals surface area contributed by atoms with Gasteiger partial charge < -0.3 is 4.90 Å². The maximum Gasteiger partial charge on any atom is 0.266 e. The second-order valence-electron chi connectivity index (χ2n) is 5.82. The van der Waals surface area contributed by atoms with Crippen LogP contribution in [-0.2, 0) is 6.54 Å². The minimum absolute atomic E-state index is 0.0804. The number of aromatic nitrogens is 1. The van der Waals surface area contributed by atoms with Crippen LogP contribution in [0.5, 0.6) is 0 Å². The molecule has 27 heavy (non-hydrogen) atoms. The van der Waals surface area contributed by atoms with Crippen molar-refractivity contribution < 1.29 is 4.79 Å². The monoisotopic (exact) mass is 413 g/mol. The molecule has 0 aliphatic carbocycles. The normalized spacial score (nSPS) is 10.4. The van der Waals surface area contributed by atoms with E-state index in [9.17, 15) is 4.79 Å². The Kier molecular flexibility index (Phi) is 6.07. The number of carbonyl (C=O) groups is 1. The number of rotatable bonds is 6. The summed E-state index contributed by atoms with van der Waals surface area (Å²) in [6, 6.07) is 13.1. The summed E-state index contributed by atoms with van der Waals surface area (Å²) in [6.45, 7) is 6.47. The minimum atomic E-state index is -0.0804. The number of carbonyl (C=O) groups excluding carboxylic acids is 1. The summed E-state index contributed by atoms with van der Waals surface area (Å²) in [6.07, 6.45) is 1.71. The second-order valence-corrected chi connectivity index (χ2v) is 8.53. The number of nitriles is 1. The van der Waals surface area contributed by atoms with Crippen molar-refractivity contribution in [1.29, 1.82) is 5.26 Å². The van der Waals surface area contributed by atoms with Gasteiger partial charge in [0.05, 0.1) is 26.5 Å². The van der Waals surface area contributed by atoms with Gasteiger partial charge in [-0.2, -0.15) is 5.26 Å². The Morgan fingerprint density at radius 1 is 1.30 bits per heavy atom. The third kappa shape index (κ3) is 4.45. The Morgan fingerprint density at radius 2 is 2.04 bits per heavy atom. The lowest BCUT2D eigenvalue weighted by atomic mass is 10.1. The van der Waals surface area contributed by atoms with Crippen LogP contribution in [0.15, 0.2) is 49.1 Å². The van der Waals surface area contributed by atoms with Crippen LogP contribution in [0.1, 0.15) is 26.5 Å². The number of benzene rings is 1. The predicted octanol–water partition coefficient (Wildman–Crippen LogP) is 5.53. The van der Waals surface area contributed by atoms with Crippen molar-refractivity contribution in [2.75, 3.05) is 6.54 Å². The quantitative estimate of drug-likeness (QED) is 0.499. The lowest BCUT2D eigenvalue weighted by Gasteiger charge is -2.20. The fourth-order valence-electron chi connectivity index (χ4n) is 2.55. The Morgan fingerprint density at radius 3 is 2.63 bits per heavy atom. The molecule has 7 heteroatoms. The van der Waals surface area contributed by atoms with E-state index in [2.05, 4.69) is 17.6 Å². The molecule has 0 N–H and O–H groups in total. The highest BCUT2D eigenvalue weighted by Crippen LogP contribution is 2.35. The van der Waals surface area contributed by atoms with Crippen LogP contribution < -0.4 is 0 Å². The van der Waals surface area contributed by atoms with Gasteiger partial charge in [0, 0.05) is 13.1 Å². The van der Waals surface area contributed by atoms with Crippen molar-refractivity contribution in [2.24, 2.45) is 0 Å². The van der Waals surface area contributed by atoms with E-state index in [0.29, 0.717) is 33.6 Å². The van der Waals surface area contributed by atoms with Crippen molar-refractivity contribution in [2.45, 2.75) is 13.5 Å². The molecular formula is C20H16ClN3OS2. The number of aryl methyl sites for hydroxylation is 1. The fraction of sp³-hybridized carbons (Fsp3) is 0.150. The van der Waals surface area contributed by atoms with Crippen molar-refractivity contribution >= 4 is 40.2 Å². The van der Waals surface area contributed by atoms with Crippen LogP contribution >= 0.6 is 34.3 Å². The predicted molar refractivity (Wildman–Crippen MR) is 111 cm³/mol. The standard InChI is InChI=1S/C20H16ClN3OS2/c1-3-10-24(12-15-6-4-14(11-22)5-7-15)20(25)18-13(2)23-19(27-18)16-8-9-17(21)26-16/h3-9H,1,10,12H2,2H3. The van der Waals surface area contributed by atoms with Gasteiger partial charge in [-0.15, -0.1) is 29.3 Å². The van der Waals surface area contributed by atoms with E-state index in [1.165, 1.54) is 22.7 Å². The minimum Gasteiger partial charge on any atom is -0.330 e. The van der Waals surface area contributed by atoms with Gasteiger partial charge in [-0.05, 0) is 36.8 Å². The Bertz CT molecular complexity index is 1010. The van der Waals surface area contributed by atoms with Crippen molar-refractivity contribution in [3.63, 3.8) is 0 Å². The maximum absolute atomic E-state index is 13.1. The average Bonchev–Trinajstić information content (AvgIpc) is 3.27. The molecule has 0 saturated heterocycles. The highest BCUT2D eigenvalue weighted by Gasteiger charge is 2.22. The molecule has 0 fully saturated rings. The largest absolute Gasteiger partial charge is 0.330 e. The molecule has 0 saturated carbocycles. The van der Waals surface area contributed by atoms with Crippen molar-refractivity contribution in [3.05, 3.63) is 75.1 Å². The zero-order chi connectivity index (χ0) is 19.4. The highest BCUT2D eigenvalue weighted by atomic mass is 35.5. The molecule has 1 aromatic carbocycles. The molecule has 136 valence electrons. The van der Waals surface area contributed by atoms with Gasteiger partial charge in [-0.1, -0.05) is 29.8 Å². The molecule has 0 bridgehead atoms. The van der Waals surface area contributed by atoms with E-state index in [1.807, 2.05) is 31.2 Å². The molecule has 3 aromatic rings. The van der Waals surface area contributed by atoms with Gasteiger partial charge in [0.1, 0.15) is 9.88 Å². The van der Waals surface area contributed by atoms with E-state index in [1.54, 1.807) is 23.1 Å². The first-order valence-corrected chi connectivity index (χ1v) is 10.1. The third-order valence-corrected chi connectivity index (χ3v) is 6.41. The molecular weight excluding hydrogens is 398 g/mol. The van der Waals surface area contributed by atoms with Crippen LogP contribution in [0.25, 0.3) is 9.88 Å². The lowest BCUT2D eigenvalue weighted by Crippen LogP contribution is -2.30. The SMILES string of the molecule is C=CCN(Cc1ccc(C#N)cc1)C(=O)c1sc(-c2ccc(Cl)s2)nc1C. The Balaban J connectivity index is 1.85. The topological polar surface area (TPSA) is 57.0 Å². The Labute approximate surface area is 171 Å². The van der Waals surface area contributed by atoms with E-state index in [0.717, 1.165) is 15.4 Å². The summed E-state index contributed by atoms with van der Waals surface area (Å²) in [7, 11) is 0. The number of thiazole rings is 1. The smallest absolute Gasteiger partial charge is 0.266 e. The molecule has 0 radical (unpaired) electrons. The maximum atomic E-state index is 13.1. The van der Waals surface area contributed by atoms with E-state index < -0.39 is 0 Å². The van der Waals surface area contributed by atoms with Gasteiger partial charge >= 0.3 is 0 Å². The molecule has 2 heterocycles. The molecule has 4 nitrogen and oxygen atoms in total. The van der Waals surface area contributed by atoms with Gasteiger partial charge in [-0.25, -0.2) is 4.98 Å². The summed E-state index contributed by atoms with van der Waals surface area (Å²) in [4.78, 5) is 20.9. The zero-order valence-corrected chi connectivity index (χ0v) is 17.0. The van der Waals surface area contributed by atoms with Gasteiger partial charge in [0.2, 0.25) is 0 Å². The van der Waals surface area contributed by atoms with Crippen molar-refractivity contribution in [1.82, 2.24) is 9.88 Å². The van der Waals surface area contributed by atoms with Gasteiger partial charge in [-0.3, -0.25) is 4.79 Å². The molecule has 0 spiro atoms. The molecule has 1 amide bonds. The molecule has 3 rings (SSSR count). The summed E-state index contributed by atoms with van der Waals surface area (Å²) < 4.78 is 0.694. The van der Waals surface area contributed by atoms with Crippen LogP contribution in [-0.4, -0.2) is 22.3 Å². The van der Waals surface area contributed by atoms with Crippen LogP contribution in [0.4, 0.5) is 0 Å². The van der Waals surface area contributed by atoms with Crippen LogP contribution in [0.2, 0.25) is 4.34 Å². The van der Waals surface area contributed by atoms with Gasteiger partial charge in [0.25, 0.3) is 5.91 Å². The first-order chi connectivity index (χ1) is 13.0. The lowest BCUT2D eigenvalue weighted by molar-refractivity contribution is 0.0766. The first-order valence-electron chi connectivity index (χ1n) is 8.14. The van der Waals surface area contributed by atoms with E-state index >= 15 is 0 Å². The average molecular weight is 414 g/mol. The van der Waals surface area contributed by atoms with Crippen molar-refractivity contribution in [3.8, 4) is 16.0 Å². The third-order valence-electron chi connectivity index (χ3n) is 3.87. The molecule has 0 aliphatic rings. The number of thiophene rings is 1. The fourth-order valence-corrected chi connectivity index (χ4v) is 4.69. The zero-order valence-electron chi connectivity index (χ0n) is 14.6. The summed E-state index contributed by atoms with van der Waals surface area (Å²) in [5, 5.41) is 9.72. The molecule has 2 aromatic heterocycles. The number of nitrogens with zero attached hydrogens (tertiary/aromatic N) is 3. The molecule has 0 atom stereocenters. The number of hydrogen-bond donors (Lipinski definition) is 0.